The fourth-order valence-electron chi connectivity index (χ4n) is 2.03. The van der Waals surface area contributed by atoms with Gasteiger partial charge in [-0.3, -0.25) is 14.4 Å². The van der Waals surface area contributed by atoms with Crippen molar-refractivity contribution in [3.8, 4) is 5.75 Å². The van der Waals surface area contributed by atoms with Crippen molar-refractivity contribution in [1.82, 2.24) is 0 Å². The topological polar surface area (TPSA) is 71.4 Å². The lowest BCUT2D eigenvalue weighted by atomic mass is 9.88. The number of benzene rings is 1. The average molecular weight is 258 g/mol. The van der Waals surface area contributed by atoms with E-state index in [0.29, 0.717) is 11.2 Å². The second kappa shape index (κ2) is 3.61. The van der Waals surface area contributed by atoms with E-state index in [1.807, 2.05) is 0 Å². The maximum absolute atomic E-state index is 12.2. The minimum Gasteiger partial charge on any atom is -0.507 e. The van der Waals surface area contributed by atoms with E-state index in [2.05, 4.69) is 0 Å². The number of phenols is 1. The van der Waals surface area contributed by atoms with E-state index in [1.54, 1.807) is 0 Å². The molecule has 0 fully saturated rings. The Morgan fingerprint density at radius 2 is 1.89 bits per heavy atom. The van der Waals surface area contributed by atoms with Gasteiger partial charge >= 0.3 is 0 Å². The molecule has 4 nitrogen and oxygen atoms in total. The summed E-state index contributed by atoms with van der Waals surface area (Å²) in [5.41, 5.74) is 0.447. The monoisotopic (exact) mass is 258 g/mol. The molecule has 1 aromatic heterocycles. The highest BCUT2D eigenvalue weighted by Gasteiger charge is 2.33. The number of hydrogen-bond donors (Lipinski definition) is 1. The number of aromatic hydroxyl groups is 1. The zero-order chi connectivity index (χ0) is 12.9. The first-order chi connectivity index (χ1) is 8.63. The van der Waals surface area contributed by atoms with Crippen molar-refractivity contribution in [2.24, 2.45) is 0 Å². The summed E-state index contributed by atoms with van der Waals surface area (Å²) < 4.78 is 0. The molecular weight excluding hydrogens is 252 g/mol. The predicted molar refractivity (Wildman–Crippen MR) is 64.7 cm³/mol. The SMILES string of the molecule is O=Cc1cc2c(s1)C(=O)c1c(O)cccc1C2=O. The van der Waals surface area contributed by atoms with E-state index in [9.17, 15) is 19.5 Å². The Morgan fingerprint density at radius 3 is 2.61 bits per heavy atom. The van der Waals surface area contributed by atoms with Crippen LogP contribution in [0, 0.1) is 0 Å². The van der Waals surface area contributed by atoms with Crippen LogP contribution in [0.15, 0.2) is 24.3 Å². The molecule has 1 heterocycles. The summed E-state index contributed by atoms with van der Waals surface area (Å²) in [5, 5.41) is 9.70. The summed E-state index contributed by atoms with van der Waals surface area (Å²) in [6.45, 7) is 0. The molecule has 0 saturated carbocycles. The molecule has 18 heavy (non-hydrogen) atoms. The van der Waals surface area contributed by atoms with Crippen molar-refractivity contribution in [3.05, 3.63) is 50.7 Å². The number of aldehydes is 1. The number of phenolic OH excluding ortho intramolecular Hbond substituents is 1. The molecule has 0 aliphatic heterocycles. The molecule has 0 unspecified atom stereocenters. The van der Waals surface area contributed by atoms with Gasteiger partial charge in [-0.05, 0) is 12.1 Å². The van der Waals surface area contributed by atoms with Crippen LogP contribution in [0.4, 0.5) is 0 Å². The molecule has 1 aliphatic rings. The largest absolute Gasteiger partial charge is 0.507 e. The first kappa shape index (κ1) is 10.9. The van der Waals surface area contributed by atoms with E-state index in [1.165, 1.54) is 24.3 Å². The molecule has 0 amide bonds. The van der Waals surface area contributed by atoms with Crippen molar-refractivity contribution in [2.45, 2.75) is 0 Å². The Kier molecular flexibility index (Phi) is 2.18. The summed E-state index contributed by atoms with van der Waals surface area (Å²) in [6.07, 6.45) is 0.605. The van der Waals surface area contributed by atoms with Gasteiger partial charge in [0.25, 0.3) is 0 Å². The molecule has 0 saturated heterocycles. The Bertz CT molecular complexity index is 712. The van der Waals surface area contributed by atoms with Gasteiger partial charge in [-0.1, -0.05) is 12.1 Å². The van der Waals surface area contributed by atoms with Gasteiger partial charge in [0.05, 0.1) is 15.3 Å². The maximum atomic E-state index is 12.2. The van der Waals surface area contributed by atoms with Gasteiger partial charge in [0, 0.05) is 11.1 Å². The van der Waals surface area contributed by atoms with E-state index in [-0.39, 0.29) is 33.1 Å². The first-order valence-corrected chi connectivity index (χ1v) is 5.95. The standard InChI is InChI=1S/C13H6O4S/c14-5-6-4-8-11(16)7-2-1-3-9(15)10(7)12(17)13(8)18-6/h1-5,15H. The van der Waals surface area contributed by atoms with Crippen LogP contribution in [0.5, 0.6) is 5.75 Å². The third kappa shape index (κ3) is 1.28. The molecule has 0 bridgehead atoms. The minimum absolute atomic E-state index is 0.0225. The lowest BCUT2D eigenvalue weighted by Crippen LogP contribution is -2.18. The first-order valence-electron chi connectivity index (χ1n) is 5.14. The van der Waals surface area contributed by atoms with E-state index < -0.39 is 5.78 Å². The lowest BCUT2D eigenvalue weighted by Gasteiger charge is -2.14. The number of fused-ring (bicyclic) bond motifs is 2. The van der Waals surface area contributed by atoms with E-state index >= 15 is 0 Å². The number of rotatable bonds is 1. The molecular formula is C13H6O4S. The Morgan fingerprint density at radius 1 is 1.11 bits per heavy atom. The van der Waals surface area contributed by atoms with Crippen LogP contribution >= 0.6 is 11.3 Å². The zero-order valence-electron chi connectivity index (χ0n) is 8.97. The molecule has 2 aromatic rings. The fraction of sp³-hybridized carbons (Fsp3) is 0. The highest BCUT2D eigenvalue weighted by Crippen LogP contribution is 2.36. The zero-order valence-corrected chi connectivity index (χ0v) is 9.78. The number of hydrogen-bond acceptors (Lipinski definition) is 5. The average Bonchev–Trinajstić information content (AvgIpc) is 2.80. The van der Waals surface area contributed by atoms with Crippen LogP contribution in [0.1, 0.15) is 40.8 Å². The maximum Gasteiger partial charge on any atom is 0.208 e. The number of ketones is 2. The third-order valence-corrected chi connectivity index (χ3v) is 3.89. The van der Waals surface area contributed by atoms with Crippen molar-refractivity contribution >= 4 is 29.2 Å². The van der Waals surface area contributed by atoms with Crippen molar-refractivity contribution in [3.63, 3.8) is 0 Å². The number of carbonyl (C=O) groups excluding carboxylic acids is 3. The van der Waals surface area contributed by atoms with Gasteiger partial charge in [-0.15, -0.1) is 11.3 Å². The molecule has 1 aromatic carbocycles. The highest BCUT2D eigenvalue weighted by molar-refractivity contribution is 7.16. The summed E-state index contributed by atoms with van der Waals surface area (Å²) in [6, 6.07) is 5.79. The normalized spacial score (nSPS) is 13.1. The van der Waals surface area contributed by atoms with Crippen LogP contribution < -0.4 is 0 Å². The summed E-state index contributed by atoms with van der Waals surface area (Å²) in [5.74, 6) is -0.951. The van der Waals surface area contributed by atoms with E-state index in [4.69, 9.17) is 0 Å². The van der Waals surface area contributed by atoms with Crippen molar-refractivity contribution in [1.29, 1.82) is 0 Å². The second-order valence-corrected chi connectivity index (χ2v) is 4.95. The van der Waals surface area contributed by atoms with Crippen molar-refractivity contribution in [2.75, 3.05) is 0 Å². The van der Waals surface area contributed by atoms with Gasteiger partial charge < -0.3 is 5.11 Å². The predicted octanol–water partition coefficient (Wildman–Crippen LogP) is 2.04. The molecule has 88 valence electrons. The highest BCUT2D eigenvalue weighted by atomic mass is 32.1. The smallest absolute Gasteiger partial charge is 0.208 e. The van der Waals surface area contributed by atoms with E-state index in [0.717, 1.165) is 11.3 Å². The molecule has 0 atom stereocenters. The van der Waals surface area contributed by atoms with Gasteiger partial charge in [0.2, 0.25) is 5.78 Å². The quantitative estimate of drug-likeness (QED) is 0.678. The molecule has 3 rings (SSSR count). The van der Waals surface area contributed by atoms with Crippen molar-refractivity contribution < 1.29 is 19.5 Å². The summed E-state index contributed by atoms with van der Waals surface area (Å²) in [4.78, 5) is 35.6. The number of thiophene rings is 1. The van der Waals surface area contributed by atoms with Gasteiger partial charge in [-0.2, -0.15) is 0 Å². The van der Waals surface area contributed by atoms with Crippen LogP contribution in [0.25, 0.3) is 0 Å². The van der Waals surface area contributed by atoms with Crippen LogP contribution in [-0.4, -0.2) is 23.0 Å². The minimum atomic E-state index is -0.407. The van der Waals surface area contributed by atoms with Crippen LogP contribution in [-0.2, 0) is 0 Å². The Hall–Kier alpha value is -2.27. The fourth-order valence-corrected chi connectivity index (χ4v) is 2.95. The Labute approximate surface area is 105 Å². The third-order valence-electron chi connectivity index (χ3n) is 2.83. The van der Waals surface area contributed by atoms with Crippen LogP contribution in [0.2, 0.25) is 0 Å². The summed E-state index contributed by atoms with van der Waals surface area (Å²) >= 11 is 0.970. The molecule has 0 spiro atoms. The Balaban J connectivity index is 2.33. The molecule has 1 aliphatic carbocycles. The number of carbonyl (C=O) groups is 3. The second-order valence-electron chi connectivity index (χ2n) is 3.87. The lowest BCUT2D eigenvalue weighted by molar-refractivity contribution is 0.0980. The molecule has 5 heteroatoms. The van der Waals surface area contributed by atoms with Gasteiger partial charge in [0.1, 0.15) is 5.75 Å². The van der Waals surface area contributed by atoms with Gasteiger partial charge in [-0.25, -0.2) is 0 Å². The van der Waals surface area contributed by atoms with Crippen LogP contribution in [0.3, 0.4) is 0 Å². The molecule has 0 radical (unpaired) electrons. The summed E-state index contributed by atoms with van der Waals surface area (Å²) in [7, 11) is 0. The van der Waals surface area contributed by atoms with Gasteiger partial charge in [0.15, 0.2) is 12.1 Å². The molecule has 1 N–H and O–H groups in total.